The normalized spacial score (nSPS) is 12.4. The van der Waals surface area contributed by atoms with Crippen LogP contribution in [-0.4, -0.2) is 18.0 Å². The van der Waals surface area contributed by atoms with Crippen LogP contribution in [0.1, 0.15) is 48.5 Å². The summed E-state index contributed by atoms with van der Waals surface area (Å²) >= 11 is 18.2. The first-order valence-electron chi connectivity index (χ1n) is 12.4. The molecule has 4 aromatic carbocycles. The number of hydrogen-bond acceptors (Lipinski definition) is 4. The van der Waals surface area contributed by atoms with Crippen LogP contribution in [0.15, 0.2) is 72.8 Å². The van der Waals surface area contributed by atoms with Crippen LogP contribution in [0, 0.1) is 29.6 Å². The second kappa shape index (κ2) is 12.6. The molecule has 4 aromatic rings. The summed E-state index contributed by atoms with van der Waals surface area (Å²) in [6.07, 6.45) is -5.43. The summed E-state index contributed by atoms with van der Waals surface area (Å²) < 4.78 is 58.2. The predicted molar refractivity (Wildman–Crippen MR) is 159 cm³/mol. The number of halogens is 7. The largest absolute Gasteiger partial charge is 0.431 e. The Bertz CT molecular complexity index is 1860. The van der Waals surface area contributed by atoms with E-state index in [0.717, 1.165) is 24.3 Å². The molecule has 0 aliphatic heterocycles. The standard InChI is InChI=1S/C31H17Cl3F4N4O2/c1-16-10-17(14-39)2-9-23(16)28(43)41-22-8-3-18(15-40)24(13-22)29(44)42-27-25(33)11-20(12-26(27)34)30(35,31(36,37)38)19-4-6-21(32)7-5-19/h2-13H,1H3,(H,41,43)(H,42,44). The highest BCUT2D eigenvalue weighted by Gasteiger charge is 2.58. The molecule has 0 aliphatic carbocycles. The molecule has 0 aromatic heterocycles. The van der Waals surface area contributed by atoms with Crippen LogP contribution in [-0.2, 0) is 5.67 Å². The van der Waals surface area contributed by atoms with Crippen molar-refractivity contribution in [2.24, 2.45) is 0 Å². The number of nitriles is 2. The Labute approximate surface area is 263 Å². The molecule has 2 N–H and O–H groups in total. The molecular weight excluding hydrogens is 643 g/mol. The van der Waals surface area contributed by atoms with Crippen LogP contribution in [0.4, 0.5) is 28.9 Å². The van der Waals surface area contributed by atoms with Crippen molar-refractivity contribution < 1.29 is 27.2 Å². The van der Waals surface area contributed by atoms with E-state index in [-0.39, 0.29) is 33.1 Å². The highest BCUT2D eigenvalue weighted by molar-refractivity contribution is 6.40. The zero-order valence-corrected chi connectivity index (χ0v) is 24.6. The second-order valence-electron chi connectivity index (χ2n) is 9.40. The maximum Gasteiger partial charge on any atom is 0.431 e. The third-order valence-corrected chi connectivity index (χ3v) is 7.40. The van der Waals surface area contributed by atoms with Gasteiger partial charge in [-0.05, 0) is 73.2 Å². The lowest BCUT2D eigenvalue weighted by molar-refractivity contribution is -0.219. The van der Waals surface area contributed by atoms with E-state index in [4.69, 9.17) is 40.1 Å². The summed E-state index contributed by atoms with van der Waals surface area (Å²) in [4.78, 5) is 26.1. The minimum Gasteiger partial charge on any atom is -0.322 e. The molecule has 0 aliphatic rings. The van der Waals surface area contributed by atoms with E-state index in [9.17, 15) is 28.0 Å². The van der Waals surface area contributed by atoms with Crippen LogP contribution in [0.2, 0.25) is 15.1 Å². The van der Waals surface area contributed by atoms with Gasteiger partial charge in [0.25, 0.3) is 17.5 Å². The number of amides is 2. The van der Waals surface area contributed by atoms with Gasteiger partial charge < -0.3 is 10.6 Å². The van der Waals surface area contributed by atoms with Crippen LogP contribution >= 0.6 is 34.8 Å². The fourth-order valence-corrected chi connectivity index (χ4v) is 5.05. The Morgan fingerprint density at radius 1 is 0.727 bits per heavy atom. The van der Waals surface area contributed by atoms with Gasteiger partial charge in [-0.15, -0.1) is 0 Å². The maximum atomic E-state index is 15.9. The third-order valence-electron chi connectivity index (χ3n) is 6.55. The van der Waals surface area contributed by atoms with Gasteiger partial charge in [-0.3, -0.25) is 9.59 Å². The highest BCUT2D eigenvalue weighted by atomic mass is 35.5. The zero-order valence-electron chi connectivity index (χ0n) is 22.3. The topological polar surface area (TPSA) is 106 Å². The molecule has 6 nitrogen and oxygen atoms in total. The van der Waals surface area contributed by atoms with E-state index in [1.807, 2.05) is 12.1 Å². The summed E-state index contributed by atoms with van der Waals surface area (Å²) in [5, 5.41) is 22.6. The van der Waals surface area contributed by atoms with E-state index >= 15 is 4.39 Å². The molecule has 1 atom stereocenters. The van der Waals surface area contributed by atoms with Crippen molar-refractivity contribution in [3.8, 4) is 12.1 Å². The van der Waals surface area contributed by atoms with Crippen molar-refractivity contribution in [1.82, 2.24) is 0 Å². The number of nitrogens with one attached hydrogen (secondary N) is 2. The van der Waals surface area contributed by atoms with Crippen molar-refractivity contribution in [3.63, 3.8) is 0 Å². The number of carbonyl (C=O) groups is 2. The Morgan fingerprint density at radius 2 is 1.34 bits per heavy atom. The second-order valence-corrected chi connectivity index (χ2v) is 10.7. The predicted octanol–water partition coefficient (Wildman–Crippen LogP) is 8.98. The maximum absolute atomic E-state index is 15.9. The smallest absolute Gasteiger partial charge is 0.322 e. The number of rotatable bonds is 6. The van der Waals surface area contributed by atoms with Gasteiger partial charge in [0.05, 0.1) is 44.6 Å². The van der Waals surface area contributed by atoms with Gasteiger partial charge in [0, 0.05) is 27.4 Å². The lowest BCUT2D eigenvalue weighted by Crippen LogP contribution is -2.39. The van der Waals surface area contributed by atoms with Gasteiger partial charge in [-0.2, -0.15) is 23.7 Å². The summed E-state index contributed by atoms with van der Waals surface area (Å²) in [5.41, 5.74) is -5.13. The molecule has 1 unspecified atom stereocenters. The third kappa shape index (κ3) is 6.34. The van der Waals surface area contributed by atoms with Crippen LogP contribution < -0.4 is 10.6 Å². The van der Waals surface area contributed by atoms with E-state index < -0.39 is 44.8 Å². The van der Waals surface area contributed by atoms with Gasteiger partial charge in [0.15, 0.2) is 0 Å². The Morgan fingerprint density at radius 3 is 1.89 bits per heavy atom. The molecule has 0 bridgehead atoms. The summed E-state index contributed by atoms with van der Waals surface area (Å²) in [6, 6.07) is 17.5. The highest BCUT2D eigenvalue weighted by Crippen LogP contribution is 2.50. The number of hydrogen-bond donors (Lipinski definition) is 2. The fourth-order valence-electron chi connectivity index (χ4n) is 4.34. The number of anilines is 2. The van der Waals surface area contributed by atoms with Crippen molar-refractivity contribution in [3.05, 3.63) is 127 Å². The van der Waals surface area contributed by atoms with Crippen molar-refractivity contribution >= 4 is 58.0 Å². The first kappa shape index (κ1) is 32.3. The molecule has 0 saturated heterocycles. The van der Waals surface area contributed by atoms with E-state index in [1.165, 1.54) is 36.4 Å². The lowest BCUT2D eigenvalue weighted by Gasteiger charge is -2.29. The molecule has 0 heterocycles. The van der Waals surface area contributed by atoms with Crippen LogP contribution in [0.25, 0.3) is 0 Å². The minimum absolute atomic E-state index is 0.0946. The summed E-state index contributed by atoms with van der Waals surface area (Å²) in [7, 11) is 0. The van der Waals surface area contributed by atoms with Crippen molar-refractivity contribution in [2.45, 2.75) is 18.8 Å². The Hall–Kier alpha value is -4.61. The quantitative estimate of drug-likeness (QED) is 0.202. The van der Waals surface area contributed by atoms with Gasteiger partial charge in [0.2, 0.25) is 0 Å². The average Bonchev–Trinajstić information content (AvgIpc) is 2.97. The molecule has 2 amide bonds. The number of carbonyl (C=O) groups excluding carboxylic acids is 2. The molecule has 13 heteroatoms. The number of aryl methyl sites for hydroxylation is 1. The van der Waals surface area contributed by atoms with E-state index in [0.29, 0.717) is 23.3 Å². The molecule has 0 saturated carbocycles. The average molecular weight is 660 g/mol. The molecular formula is C31H17Cl3F4N4O2. The van der Waals surface area contributed by atoms with E-state index in [1.54, 1.807) is 6.92 Å². The molecule has 4 rings (SSSR count). The molecule has 222 valence electrons. The van der Waals surface area contributed by atoms with Crippen molar-refractivity contribution in [2.75, 3.05) is 10.6 Å². The molecule has 0 fully saturated rings. The van der Waals surface area contributed by atoms with Gasteiger partial charge in [0.1, 0.15) is 0 Å². The number of alkyl halides is 4. The molecule has 0 spiro atoms. The van der Waals surface area contributed by atoms with Crippen LogP contribution in [0.3, 0.4) is 0 Å². The Kier molecular flexibility index (Phi) is 9.22. The number of benzene rings is 4. The molecule has 44 heavy (non-hydrogen) atoms. The SMILES string of the molecule is Cc1cc(C#N)ccc1C(=O)Nc1ccc(C#N)c(C(=O)Nc2c(Cl)cc(C(F)(c3ccc(Cl)cc3)C(F)(F)F)cc2Cl)c1. The van der Waals surface area contributed by atoms with Gasteiger partial charge >= 0.3 is 6.18 Å². The zero-order chi connectivity index (χ0) is 32.4. The fraction of sp³-hybridized carbons (Fsp3) is 0.0968. The minimum atomic E-state index is -5.43. The first-order chi connectivity index (χ1) is 20.7. The molecule has 0 radical (unpaired) electrons. The first-order valence-corrected chi connectivity index (χ1v) is 13.5. The van der Waals surface area contributed by atoms with Crippen LogP contribution in [0.5, 0.6) is 0 Å². The van der Waals surface area contributed by atoms with E-state index in [2.05, 4.69) is 10.6 Å². The van der Waals surface area contributed by atoms with Gasteiger partial charge in [-0.1, -0.05) is 46.9 Å². The summed E-state index contributed by atoms with van der Waals surface area (Å²) in [6.45, 7) is 1.64. The summed E-state index contributed by atoms with van der Waals surface area (Å²) in [5.74, 6) is -1.49. The van der Waals surface area contributed by atoms with Gasteiger partial charge in [-0.25, -0.2) is 4.39 Å². The van der Waals surface area contributed by atoms with Crippen molar-refractivity contribution in [1.29, 1.82) is 10.5 Å². The lowest BCUT2D eigenvalue weighted by atomic mass is 9.87. The monoisotopic (exact) mass is 658 g/mol. The Balaban J connectivity index is 1.66. The number of nitrogens with zero attached hydrogens (tertiary/aromatic N) is 2.